The van der Waals surface area contributed by atoms with E-state index >= 15 is 0 Å². The van der Waals surface area contributed by atoms with Crippen molar-refractivity contribution < 1.29 is 85.3 Å². The molecule has 0 amide bonds. The zero-order valence-corrected chi connectivity index (χ0v) is 18.0. The summed E-state index contributed by atoms with van der Waals surface area (Å²) in [4.78, 5) is 0. The first-order valence-corrected chi connectivity index (χ1v) is 2.68. The molecule has 5 radical (unpaired) electrons. The SMILES string of the molecule is [C-]#N.[C-]#N.[C-]#N.[C-]#N.[C-]#N.[C-]#N.[C-]#N.[C-]#N.[C-]#N.[C-]#N.[C-]#N.[C-]#N.[Cu+2].[Cu+2].[Cu+2].[Fe+3].[Fe+3]. The first kappa shape index (κ1) is 212. The van der Waals surface area contributed by atoms with Crippen molar-refractivity contribution in [2.75, 3.05) is 0 Å². The van der Waals surface area contributed by atoms with Crippen molar-refractivity contribution >= 4 is 0 Å². The van der Waals surface area contributed by atoms with E-state index in [9.17, 15) is 0 Å². The molecule has 0 saturated heterocycles. The van der Waals surface area contributed by atoms with Gasteiger partial charge < -0.3 is 142 Å². The van der Waals surface area contributed by atoms with E-state index < -0.39 is 0 Å². The summed E-state index contributed by atoms with van der Waals surface area (Å²) >= 11 is 0. The number of rotatable bonds is 0. The normalized spacial score (nSPS) is 0.828. The van der Waals surface area contributed by atoms with Gasteiger partial charge in [0.05, 0.1) is 0 Å². The molecule has 0 aliphatic rings. The average molecular weight is 615 g/mol. The van der Waals surface area contributed by atoms with Gasteiger partial charge in [-0.05, 0) is 0 Å². The zero-order chi connectivity index (χ0) is 24.0. The van der Waals surface area contributed by atoms with Gasteiger partial charge in [0.2, 0.25) is 0 Å². The molecule has 0 aromatic carbocycles. The minimum absolute atomic E-state index is 0. The van der Waals surface area contributed by atoms with Crippen LogP contribution in [-0.2, 0) is 85.3 Å². The predicted molar refractivity (Wildman–Crippen MR) is 59.6 cm³/mol. The molecule has 0 saturated carbocycles. The van der Waals surface area contributed by atoms with E-state index in [4.69, 9.17) is 142 Å². The molecule has 0 fully saturated rings. The topological polar surface area (TPSA) is 285 Å². The summed E-state index contributed by atoms with van der Waals surface area (Å²) < 4.78 is 0. The third-order valence-corrected chi connectivity index (χ3v) is 0. The summed E-state index contributed by atoms with van der Waals surface area (Å²) in [6.07, 6.45) is 0. The van der Waals surface area contributed by atoms with Gasteiger partial charge in [-0.25, -0.2) is 0 Å². The third kappa shape index (κ3) is 997. The Morgan fingerprint density at radius 3 is 0.172 bits per heavy atom. The van der Waals surface area contributed by atoms with Crippen LogP contribution in [0.2, 0.25) is 0 Å². The average Bonchev–Trinajstić information content (AvgIpc) is 2.84. The van der Waals surface area contributed by atoms with Crippen molar-refractivity contribution in [3.8, 4) is 0 Å². The van der Waals surface area contributed by atoms with Crippen LogP contribution in [0, 0.1) is 142 Å². The van der Waals surface area contributed by atoms with Crippen LogP contribution in [0.15, 0.2) is 0 Å². The van der Waals surface area contributed by atoms with Crippen LogP contribution in [-0.4, -0.2) is 0 Å². The van der Waals surface area contributed by atoms with Crippen LogP contribution < -0.4 is 0 Å². The van der Waals surface area contributed by atoms with Crippen LogP contribution in [0.25, 0.3) is 0 Å². The Bertz CT molecular complexity index is 234. The molecule has 0 aliphatic carbocycles. The second kappa shape index (κ2) is 1090. The summed E-state index contributed by atoms with van der Waals surface area (Å²) in [6.45, 7) is 57.0. The fourth-order valence-corrected chi connectivity index (χ4v) is 0. The standard InChI is InChI=1S/12CN.3Cu.2Fe/c12*1-2;;;;;/q12*-1;3*+2;2*+3. The first-order valence-electron chi connectivity index (χ1n) is 2.68. The summed E-state index contributed by atoms with van der Waals surface area (Å²) in [5, 5.41) is 75.0. The van der Waals surface area contributed by atoms with Crippen LogP contribution in [0.5, 0.6) is 0 Å². The first-order chi connectivity index (χ1) is 12.0. The maximum atomic E-state index is 6.25. The van der Waals surface area contributed by atoms with E-state index in [1.54, 1.807) is 0 Å². The molecule has 29 heavy (non-hydrogen) atoms. The van der Waals surface area contributed by atoms with Gasteiger partial charge in [0, 0.05) is 0 Å². The van der Waals surface area contributed by atoms with Crippen molar-refractivity contribution in [2.45, 2.75) is 0 Å². The fourth-order valence-electron chi connectivity index (χ4n) is 0. The predicted octanol–water partition coefficient (Wildman–Crippen LogP) is 1.14. The van der Waals surface area contributed by atoms with E-state index in [0.717, 1.165) is 0 Å². The molecule has 12 nitrogen and oxygen atoms in total. The van der Waals surface area contributed by atoms with Gasteiger partial charge in [0.1, 0.15) is 0 Å². The smallest absolute Gasteiger partial charge is 0.512 e. The molecule has 0 heterocycles. The number of nitrogens with zero attached hydrogens (tertiary/aromatic N) is 12. The van der Waals surface area contributed by atoms with Gasteiger partial charge in [-0.2, -0.15) is 0 Å². The van der Waals surface area contributed by atoms with Gasteiger partial charge in [-0.1, -0.05) is 0 Å². The molecule has 0 spiro atoms. The maximum absolute atomic E-state index is 6.25. The minimum Gasteiger partial charge on any atom is -0.512 e. The van der Waals surface area contributed by atoms with Crippen molar-refractivity contribution in [2.24, 2.45) is 0 Å². The fraction of sp³-hybridized carbons (Fsp3) is 0. The monoisotopic (exact) mass is 613 g/mol. The maximum Gasteiger partial charge on any atom is 3.00 e. The molecule has 0 bridgehead atoms. The Morgan fingerprint density at radius 1 is 0.172 bits per heavy atom. The van der Waals surface area contributed by atoms with Crippen LogP contribution >= 0.6 is 0 Å². The number of hydrogen-bond donors (Lipinski definition) is 0. The van der Waals surface area contributed by atoms with Gasteiger partial charge >= 0.3 is 85.3 Å². The van der Waals surface area contributed by atoms with Crippen molar-refractivity contribution in [1.82, 2.24) is 0 Å². The van der Waals surface area contributed by atoms with Crippen molar-refractivity contribution in [3.63, 3.8) is 0 Å². The molecule has 0 unspecified atom stereocenters. The van der Waals surface area contributed by atoms with Gasteiger partial charge in [-0.3, -0.25) is 0 Å². The third-order valence-electron chi connectivity index (χ3n) is 0. The van der Waals surface area contributed by atoms with Gasteiger partial charge in [0.15, 0.2) is 0 Å². The molecule has 157 valence electrons. The zero-order valence-electron chi connectivity index (χ0n) is 13.0. The largest absolute Gasteiger partial charge is 3.00 e. The van der Waals surface area contributed by atoms with E-state index in [1.165, 1.54) is 0 Å². The molecule has 0 aromatic rings. The molecule has 0 aromatic heterocycles. The summed E-state index contributed by atoms with van der Waals surface area (Å²) in [7, 11) is 0. The van der Waals surface area contributed by atoms with Crippen molar-refractivity contribution in [3.05, 3.63) is 78.9 Å². The second-order valence-electron chi connectivity index (χ2n) is 0. The van der Waals surface area contributed by atoms with E-state index in [-0.39, 0.29) is 85.3 Å². The van der Waals surface area contributed by atoms with E-state index in [0.29, 0.717) is 0 Å². The molecule has 0 aliphatic heterocycles. The summed E-state index contributed by atoms with van der Waals surface area (Å²) in [6, 6.07) is 0. The molecule has 17 heteroatoms. The number of hydrogen-bond acceptors (Lipinski definition) is 12. The quantitative estimate of drug-likeness (QED) is 0.274. The van der Waals surface area contributed by atoms with Gasteiger partial charge in [-0.15, -0.1) is 0 Å². The van der Waals surface area contributed by atoms with E-state index in [1.807, 2.05) is 0 Å². The summed E-state index contributed by atoms with van der Waals surface area (Å²) in [5.41, 5.74) is 0. The molecule has 0 rings (SSSR count). The summed E-state index contributed by atoms with van der Waals surface area (Å²) in [5.74, 6) is 0. The molecule has 0 atom stereocenters. The molecular formula is C12Cu3Fe2N12. The minimum atomic E-state index is 0. The van der Waals surface area contributed by atoms with Crippen LogP contribution in [0.1, 0.15) is 0 Å². The Balaban J connectivity index is -0.00000000356. The van der Waals surface area contributed by atoms with Crippen molar-refractivity contribution in [1.29, 1.82) is 63.1 Å². The van der Waals surface area contributed by atoms with E-state index in [2.05, 4.69) is 0 Å². The van der Waals surface area contributed by atoms with Gasteiger partial charge in [0.25, 0.3) is 0 Å². The Morgan fingerprint density at radius 2 is 0.172 bits per heavy atom. The Labute approximate surface area is 226 Å². The second-order valence-corrected chi connectivity index (χ2v) is 0. The Hall–Kier alpha value is -3.52. The van der Waals surface area contributed by atoms with Crippen LogP contribution in [0.3, 0.4) is 0 Å². The molecule has 0 N–H and O–H groups in total. The molecular weight excluding hydrogens is 615 g/mol. The Kier molecular flexibility index (Phi) is 7960. The van der Waals surface area contributed by atoms with Crippen LogP contribution in [0.4, 0.5) is 0 Å².